The molecule has 3 N–H and O–H groups in total. The minimum Gasteiger partial charge on any atom is -0.409 e. The average Bonchev–Trinajstić information content (AvgIpc) is 2.36. The summed E-state index contributed by atoms with van der Waals surface area (Å²) in [6, 6.07) is 5.57. The molecule has 0 atom stereocenters. The molecule has 1 aromatic carbocycles. The quantitative estimate of drug-likeness (QED) is 0.272. The van der Waals surface area contributed by atoms with Crippen LogP contribution in [0.5, 0.6) is 0 Å². The summed E-state index contributed by atoms with van der Waals surface area (Å²) < 4.78 is 22.2. The zero-order chi connectivity index (χ0) is 14.5. The van der Waals surface area contributed by atoms with Crippen LogP contribution < -0.4 is 5.73 Å². The number of sulfone groups is 1. The predicted octanol–water partition coefficient (Wildman–Crippen LogP) is 1.64. The lowest BCUT2D eigenvalue weighted by molar-refractivity contribution is 0.318. The van der Waals surface area contributed by atoms with Gasteiger partial charge in [0, 0.05) is 27.4 Å². The molecule has 0 unspecified atom stereocenters. The summed E-state index contributed by atoms with van der Waals surface area (Å²) in [5.74, 6) is 0.561. The van der Waals surface area contributed by atoms with Crippen LogP contribution in [0.25, 0.3) is 0 Å². The number of rotatable bonds is 6. The summed E-state index contributed by atoms with van der Waals surface area (Å²) in [7, 11) is -2.99. The van der Waals surface area contributed by atoms with Gasteiger partial charge in [-0.15, -0.1) is 23.5 Å². The Morgan fingerprint density at radius 2 is 2.05 bits per heavy atom. The molecule has 0 fully saturated rings. The molecule has 0 amide bonds. The largest absolute Gasteiger partial charge is 0.409 e. The first-order valence-electron chi connectivity index (χ1n) is 5.34. The van der Waals surface area contributed by atoms with Crippen molar-refractivity contribution in [1.29, 1.82) is 0 Å². The highest BCUT2D eigenvalue weighted by Crippen LogP contribution is 2.30. The van der Waals surface area contributed by atoms with E-state index in [-0.39, 0.29) is 11.6 Å². The van der Waals surface area contributed by atoms with Gasteiger partial charge in [-0.3, -0.25) is 0 Å². The van der Waals surface area contributed by atoms with Crippen LogP contribution >= 0.6 is 23.5 Å². The van der Waals surface area contributed by atoms with Crippen LogP contribution in [0.4, 0.5) is 0 Å². The maximum Gasteiger partial charge on any atom is 0.172 e. The number of benzene rings is 1. The highest BCUT2D eigenvalue weighted by atomic mass is 32.2. The Bertz CT molecular complexity index is 571. The van der Waals surface area contributed by atoms with E-state index in [2.05, 4.69) is 5.16 Å². The summed E-state index contributed by atoms with van der Waals surface area (Å²) in [6.07, 6.45) is 3.10. The molecule has 0 aliphatic carbocycles. The van der Waals surface area contributed by atoms with Crippen molar-refractivity contribution >= 4 is 39.2 Å². The number of hydrogen-bond acceptors (Lipinski definition) is 6. The molecule has 0 saturated carbocycles. The number of hydrogen-bond donors (Lipinski definition) is 2. The SMILES string of the molecule is CSc1cccc(SCCS(C)(=O)=O)c1/C(N)=N/O. The van der Waals surface area contributed by atoms with Crippen LogP contribution in [0.15, 0.2) is 33.1 Å². The third-order valence-corrected chi connectivity index (χ3v) is 5.33. The van der Waals surface area contributed by atoms with Crippen molar-refractivity contribution in [3.63, 3.8) is 0 Å². The van der Waals surface area contributed by atoms with E-state index in [0.717, 1.165) is 9.79 Å². The van der Waals surface area contributed by atoms with Crippen LogP contribution in [-0.2, 0) is 9.84 Å². The van der Waals surface area contributed by atoms with E-state index in [1.807, 2.05) is 24.5 Å². The van der Waals surface area contributed by atoms with E-state index in [9.17, 15) is 8.42 Å². The van der Waals surface area contributed by atoms with E-state index < -0.39 is 9.84 Å². The fourth-order valence-corrected chi connectivity index (χ4v) is 4.40. The summed E-state index contributed by atoms with van der Waals surface area (Å²) in [4.78, 5) is 1.70. The molecule has 106 valence electrons. The van der Waals surface area contributed by atoms with E-state index in [0.29, 0.717) is 11.3 Å². The normalized spacial score (nSPS) is 12.6. The first-order valence-corrected chi connectivity index (χ1v) is 9.61. The van der Waals surface area contributed by atoms with Crippen molar-refractivity contribution < 1.29 is 13.6 Å². The molecule has 0 radical (unpaired) electrons. The molecule has 0 spiro atoms. The average molecular weight is 320 g/mol. The first kappa shape index (κ1) is 16.2. The van der Waals surface area contributed by atoms with Gasteiger partial charge in [-0.2, -0.15) is 0 Å². The Hall–Kier alpha value is -0.860. The standard InChI is InChI=1S/C11H16N2O3S3/c1-17-8-4-3-5-9(10(8)11(12)13-14)18-6-7-19(2,15)16/h3-5,14H,6-7H2,1-2H3,(H2,12,13). The zero-order valence-electron chi connectivity index (χ0n) is 10.7. The second-order valence-electron chi connectivity index (χ2n) is 3.80. The van der Waals surface area contributed by atoms with Gasteiger partial charge in [-0.25, -0.2) is 8.42 Å². The molecule has 0 aliphatic heterocycles. The van der Waals surface area contributed by atoms with Gasteiger partial charge in [0.2, 0.25) is 0 Å². The fourth-order valence-electron chi connectivity index (χ4n) is 1.41. The van der Waals surface area contributed by atoms with Gasteiger partial charge in [0.1, 0.15) is 9.84 Å². The van der Waals surface area contributed by atoms with Gasteiger partial charge >= 0.3 is 0 Å². The second kappa shape index (κ2) is 7.06. The monoisotopic (exact) mass is 320 g/mol. The van der Waals surface area contributed by atoms with Gasteiger partial charge in [0.15, 0.2) is 5.84 Å². The molecule has 1 rings (SSSR count). The molecule has 0 heterocycles. The molecule has 8 heteroatoms. The molecular formula is C11H16N2O3S3. The molecule has 19 heavy (non-hydrogen) atoms. The first-order chi connectivity index (χ1) is 8.89. The molecule has 0 saturated heterocycles. The topological polar surface area (TPSA) is 92.8 Å². The highest BCUT2D eigenvalue weighted by molar-refractivity contribution is 8.01. The molecule has 5 nitrogen and oxygen atoms in total. The Kier molecular flexibility index (Phi) is 6.02. The number of thioether (sulfide) groups is 2. The van der Waals surface area contributed by atoms with Crippen molar-refractivity contribution in [3.8, 4) is 0 Å². The zero-order valence-corrected chi connectivity index (χ0v) is 13.1. The Morgan fingerprint density at radius 3 is 2.58 bits per heavy atom. The van der Waals surface area contributed by atoms with Crippen LogP contribution in [0.2, 0.25) is 0 Å². The summed E-state index contributed by atoms with van der Waals surface area (Å²) in [6.45, 7) is 0. The number of nitrogens with zero attached hydrogens (tertiary/aromatic N) is 1. The molecule has 1 aromatic rings. The highest BCUT2D eigenvalue weighted by Gasteiger charge is 2.13. The minimum absolute atomic E-state index is 0.0341. The van der Waals surface area contributed by atoms with E-state index in [4.69, 9.17) is 10.9 Å². The summed E-state index contributed by atoms with van der Waals surface area (Å²) >= 11 is 2.87. The van der Waals surface area contributed by atoms with Gasteiger partial charge in [-0.05, 0) is 18.4 Å². The lowest BCUT2D eigenvalue weighted by Gasteiger charge is -2.11. The van der Waals surface area contributed by atoms with Crippen LogP contribution in [0.1, 0.15) is 5.56 Å². The van der Waals surface area contributed by atoms with E-state index >= 15 is 0 Å². The maximum absolute atomic E-state index is 11.1. The number of nitrogens with two attached hydrogens (primary N) is 1. The van der Waals surface area contributed by atoms with Crippen molar-refractivity contribution in [2.24, 2.45) is 10.9 Å². The van der Waals surface area contributed by atoms with E-state index in [1.165, 1.54) is 29.8 Å². The van der Waals surface area contributed by atoms with Crippen molar-refractivity contribution in [2.45, 2.75) is 9.79 Å². The fraction of sp³-hybridized carbons (Fsp3) is 0.364. The molecule has 0 aliphatic rings. The van der Waals surface area contributed by atoms with Gasteiger partial charge in [0.25, 0.3) is 0 Å². The molecule has 0 bridgehead atoms. The van der Waals surface area contributed by atoms with Crippen molar-refractivity contribution in [2.75, 3.05) is 24.0 Å². The van der Waals surface area contributed by atoms with Gasteiger partial charge in [-0.1, -0.05) is 11.2 Å². The Labute approximate surface area is 121 Å². The van der Waals surface area contributed by atoms with Gasteiger partial charge in [0.05, 0.1) is 5.75 Å². The van der Waals surface area contributed by atoms with Crippen LogP contribution in [0, 0.1) is 0 Å². The summed E-state index contributed by atoms with van der Waals surface area (Å²) in [5.41, 5.74) is 6.33. The lowest BCUT2D eigenvalue weighted by Crippen LogP contribution is -2.16. The molecular weight excluding hydrogens is 304 g/mol. The van der Waals surface area contributed by atoms with Crippen LogP contribution in [0.3, 0.4) is 0 Å². The minimum atomic E-state index is -2.99. The maximum atomic E-state index is 11.1. The summed E-state index contributed by atoms with van der Waals surface area (Å²) in [5, 5.41) is 11.9. The van der Waals surface area contributed by atoms with Crippen molar-refractivity contribution in [1.82, 2.24) is 0 Å². The Balaban J connectivity index is 3.00. The second-order valence-corrected chi connectivity index (χ2v) is 8.04. The predicted molar refractivity (Wildman–Crippen MR) is 81.2 cm³/mol. The number of oxime groups is 1. The number of amidine groups is 1. The lowest BCUT2D eigenvalue weighted by atomic mass is 10.2. The smallest absolute Gasteiger partial charge is 0.172 e. The third-order valence-electron chi connectivity index (χ3n) is 2.28. The van der Waals surface area contributed by atoms with E-state index in [1.54, 1.807) is 0 Å². The van der Waals surface area contributed by atoms with Crippen LogP contribution in [-0.4, -0.2) is 43.5 Å². The Morgan fingerprint density at radius 1 is 1.42 bits per heavy atom. The van der Waals surface area contributed by atoms with Gasteiger partial charge < -0.3 is 10.9 Å². The third kappa shape index (κ3) is 4.96. The molecule has 0 aromatic heterocycles. The van der Waals surface area contributed by atoms with Crippen molar-refractivity contribution in [3.05, 3.63) is 23.8 Å².